The minimum atomic E-state index is -0.951. The molecular weight excluding hydrogens is 242 g/mol. The molecule has 4 nitrogen and oxygen atoms in total. The van der Waals surface area contributed by atoms with Crippen LogP contribution >= 0.6 is 0 Å². The molecule has 0 amide bonds. The number of rotatable bonds is 7. The Morgan fingerprint density at radius 1 is 1.42 bits per heavy atom. The molecule has 2 N–H and O–H groups in total. The molecule has 1 fully saturated rings. The van der Waals surface area contributed by atoms with Crippen LogP contribution in [-0.2, 0) is 0 Å². The van der Waals surface area contributed by atoms with Gasteiger partial charge in [-0.2, -0.15) is 0 Å². The highest BCUT2D eigenvalue weighted by Crippen LogP contribution is 2.34. The van der Waals surface area contributed by atoms with Crippen molar-refractivity contribution in [1.29, 1.82) is 0 Å². The Kier molecular flexibility index (Phi) is 4.43. The van der Waals surface area contributed by atoms with Crippen LogP contribution in [0.2, 0.25) is 0 Å². The highest BCUT2D eigenvalue weighted by atomic mass is 16.5. The summed E-state index contributed by atoms with van der Waals surface area (Å²) in [6, 6.07) is 6.75. The Morgan fingerprint density at radius 2 is 2.16 bits per heavy atom. The maximum atomic E-state index is 11.0. The zero-order chi connectivity index (χ0) is 13.7. The number of carboxylic acid groups (broad SMARTS) is 1. The summed E-state index contributed by atoms with van der Waals surface area (Å²) in [5.74, 6) is -0.511. The number of ether oxygens (including phenoxy) is 1. The van der Waals surface area contributed by atoms with Crippen LogP contribution in [0.5, 0.6) is 5.75 Å². The number of nitrogens with one attached hydrogen (secondary N) is 1. The highest BCUT2D eigenvalue weighted by Gasteiger charge is 2.33. The van der Waals surface area contributed by atoms with Crippen LogP contribution in [0.4, 0.5) is 0 Å². The van der Waals surface area contributed by atoms with Crippen molar-refractivity contribution in [2.24, 2.45) is 0 Å². The first-order valence-electron chi connectivity index (χ1n) is 6.87. The van der Waals surface area contributed by atoms with Crippen LogP contribution in [0.3, 0.4) is 0 Å². The first-order valence-corrected chi connectivity index (χ1v) is 6.87. The molecule has 19 heavy (non-hydrogen) atoms. The Labute approximate surface area is 113 Å². The van der Waals surface area contributed by atoms with Gasteiger partial charge in [0.25, 0.3) is 0 Å². The summed E-state index contributed by atoms with van der Waals surface area (Å²) < 4.78 is 5.56. The molecule has 104 valence electrons. The van der Waals surface area contributed by atoms with E-state index in [1.54, 1.807) is 24.3 Å². The van der Waals surface area contributed by atoms with Gasteiger partial charge in [0.2, 0.25) is 0 Å². The number of hydrogen-bond acceptors (Lipinski definition) is 3. The van der Waals surface area contributed by atoms with Gasteiger partial charge in [-0.15, -0.1) is 0 Å². The van der Waals surface area contributed by atoms with Crippen molar-refractivity contribution in [1.82, 2.24) is 5.32 Å². The van der Waals surface area contributed by atoms with Crippen molar-refractivity contribution in [2.45, 2.75) is 38.1 Å². The van der Waals surface area contributed by atoms with E-state index in [9.17, 15) is 4.79 Å². The van der Waals surface area contributed by atoms with Crippen LogP contribution in [0.15, 0.2) is 24.3 Å². The number of carbonyl (C=O) groups is 1. The Hall–Kier alpha value is -1.55. The molecule has 0 saturated heterocycles. The van der Waals surface area contributed by atoms with Gasteiger partial charge in [-0.05, 0) is 37.8 Å². The predicted molar refractivity (Wildman–Crippen MR) is 73.8 cm³/mol. The molecule has 1 aliphatic rings. The lowest BCUT2D eigenvalue weighted by molar-refractivity contribution is 0.0691. The quantitative estimate of drug-likeness (QED) is 0.743. The monoisotopic (exact) mass is 263 g/mol. The number of carboxylic acids is 1. The molecule has 0 spiro atoms. The van der Waals surface area contributed by atoms with E-state index in [4.69, 9.17) is 9.84 Å². The molecule has 0 aliphatic heterocycles. The van der Waals surface area contributed by atoms with Crippen LogP contribution in [0.25, 0.3) is 0 Å². The smallest absolute Gasteiger partial charge is 0.339 e. The number of para-hydroxylation sites is 1. The van der Waals surface area contributed by atoms with Crippen LogP contribution in [0, 0.1) is 0 Å². The molecule has 0 aromatic heterocycles. The third kappa shape index (κ3) is 3.26. The standard InChI is InChI=1S/C15H21NO3/c1-2-15(8-5-9-15)16-10-11-19-13-7-4-3-6-12(13)14(17)18/h3-4,6-7,16H,2,5,8-11H2,1H3,(H,17,18). The summed E-state index contributed by atoms with van der Waals surface area (Å²) in [7, 11) is 0. The van der Waals surface area contributed by atoms with Crippen LogP contribution in [-0.4, -0.2) is 29.8 Å². The van der Waals surface area contributed by atoms with Gasteiger partial charge in [-0.3, -0.25) is 0 Å². The average molecular weight is 263 g/mol. The summed E-state index contributed by atoms with van der Waals surface area (Å²) in [6.07, 6.45) is 4.90. The van der Waals surface area contributed by atoms with Gasteiger partial charge in [0.15, 0.2) is 0 Å². The molecule has 1 aliphatic carbocycles. The number of hydrogen-bond donors (Lipinski definition) is 2. The lowest BCUT2D eigenvalue weighted by Gasteiger charge is -2.42. The molecule has 2 rings (SSSR count). The molecule has 4 heteroatoms. The second-order valence-electron chi connectivity index (χ2n) is 5.06. The van der Waals surface area contributed by atoms with Crippen molar-refractivity contribution >= 4 is 5.97 Å². The molecule has 1 aromatic carbocycles. The van der Waals surface area contributed by atoms with E-state index < -0.39 is 5.97 Å². The molecular formula is C15H21NO3. The molecule has 1 aromatic rings. The van der Waals surface area contributed by atoms with Gasteiger partial charge in [0.1, 0.15) is 17.9 Å². The van der Waals surface area contributed by atoms with Crippen molar-refractivity contribution in [3.8, 4) is 5.75 Å². The second kappa shape index (κ2) is 6.06. The molecule has 0 radical (unpaired) electrons. The third-order valence-corrected chi connectivity index (χ3v) is 3.96. The predicted octanol–water partition coefficient (Wildman–Crippen LogP) is 2.69. The topological polar surface area (TPSA) is 58.6 Å². The van der Waals surface area contributed by atoms with Gasteiger partial charge >= 0.3 is 5.97 Å². The van der Waals surface area contributed by atoms with Gasteiger partial charge in [-0.1, -0.05) is 19.1 Å². The highest BCUT2D eigenvalue weighted by molar-refractivity contribution is 5.90. The fraction of sp³-hybridized carbons (Fsp3) is 0.533. The van der Waals surface area contributed by atoms with Gasteiger partial charge in [0.05, 0.1) is 0 Å². The lowest BCUT2D eigenvalue weighted by atomic mass is 9.75. The molecule has 0 bridgehead atoms. The molecule has 0 unspecified atom stereocenters. The normalized spacial score (nSPS) is 16.7. The Balaban J connectivity index is 1.81. The van der Waals surface area contributed by atoms with E-state index in [2.05, 4.69) is 12.2 Å². The molecule has 0 heterocycles. The van der Waals surface area contributed by atoms with Crippen molar-refractivity contribution in [3.05, 3.63) is 29.8 Å². The fourth-order valence-electron chi connectivity index (χ4n) is 2.51. The maximum Gasteiger partial charge on any atom is 0.339 e. The van der Waals surface area contributed by atoms with Gasteiger partial charge in [0, 0.05) is 12.1 Å². The van der Waals surface area contributed by atoms with Crippen molar-refractivity contribution in [2.75, 3.05) is 13.2 Å². The number of benzene rings is 1. The van der Waals surface area contributed by atoms with E-state index in [0.717, 1.165) is 13.0 Å². The summed E-state index contributed by atoms with van der Waals surface area (Å²) in [6.45, 7) is 3.45. The zero-order valence-electron chi connectivity index (χ0n) is 11.3. The SMILES string of the molecule is CCC1(NCCOc2ccccc2C(=O)O)CCC1. The van der Waals surface area contributed by atoms with E-state index in [1.165, 1.54) is 19.3 Å². The second-order valence-corrected chi connectivity index (χ2v) is 5.06. The average Bonchev–Trinajstić information content (AvgIpc) is 2.37. The van der Waals surface area contributed by atoms with Crippen LogP contribution in [0.1, 0.15) is 43.0 Å². The van der Waals surface area contributed by atoms with E-state index in [-0.39, 0.29) is 5.56 Å². The minimum absolute atomic E-state index is 0.219. The first-order chi connectivity index (χ1) is 9.17. The maximum absolute atomic E-state index is 11.0. The lowest BCUT2D eigenvalue weighted by Crippen LogP contribution is -2.51. The van der Waals surface area contributed by atoms with Crippen molar-refractivity contribution in [3.63, 3.8) is 0 Å². The van der Waals surface area contributed by atoms with E-state index in [0.29, 0.717) is 17.9 Å². The summed E-state index contributed by atoms with van der Waals surface area (Å²) >= 11 is 0. The Morgan fingerprint density at radius 3 is 2.74 bits per heavy atom. The summed E-state index contributed by atoms with van der Waals surface area (Å²) in [5.41, 5.74) is 0.520. The zero-order valence-corrected chi connectivity index (χ0v) is 11.3. The van der Waals surface area contributed by atoms with Crippen LogP contribution < -0.4 is 10.1 Å². The molecule has 1 saturated carbocycles. The summed E-state index contributed by atoms with van der Waals surface area (Å²) in [5, 5.41) is 12.6. The third-order valence-electron chi connectivity index (χ3n) is 3.96. The number of aromatic carboxylic acids is 1. The van der Waals surface area contributed by atoms with Gasteiger partial charge in [-0.25, -0.2) is 4.79 Å². The fourth-order valence-corrected chi connectivity index (χ4v) is 2.51. The molecule has 0 atom stereocenters. The first kappa shape index (κ1) is 13.9. The van der Waals surface area contributed by atoms with E-state index >= 15 is 0 Å². The Bertz CT molecular complexity index is 435. The summed E-state index contributed by atoms with van der Waals surface area (Å²) in [4.78, 5) is 11.0. The van der Waals surface area contributed by atoms with Crippen molar-refractivity contribution < 1.29 is 14.6 Å². The largest absolute Gasteiger partial charge is 0.491 e. The minimum Gasteiger partial charge on any atom is -0.491 e. The van der Waals surface area contributed by atoms with Gasteiger partial charge < -0.3 is 15.2 Å². The van der Waals surface area contributed by atoms with E-state index in [1.807, 2.05) is 0 Å².